The monoisotopic (exact) mass is 451 g/mol. The van der Waals surface area contributed by atoms with E-state index in [1.54, 1.807) is 14.2 Å². The molecular weight excluding hydrogens is 423 g/mol. The molecule has 1 atom stereocenters. The van der Waals surface area contributed by atoms with Crippen LogP contribution in [0.3, 0.4) is 0 Å². The molecule has 0 heterocycles. The smallest absolute Gasteiger partial charge is 0.397 e. The van der Waals surface area contributed by atoms with Crippen LogP contribution in [-0.4, -0.2) is 22.8 Å². The van der Waals surface area contributed by atoms with Crippen LogP contribution in [-0.2, 0) is 29.9 Å². The fourth-order valence-corrected chi connectivity index (χ4v) is 4.14. The van der Waals surface area contributed by atoms with Gasteiger partial charge in [0.25, 0.3) is 0 Å². The maximum atomic E-state index is 5.57. The Bertz CT molecular complexity index is 248. The molecule has 0 saturated carbocycles. The second-order valence-electron chi connectivity index (χ2n) is 3.62. The first-order valence-electron chi connectivity index (χ1n) is 5.05. The molecule has 2 nitrogen and oxygen atoms in total. The quantitative estimate of drug-likeness (QED) is 0.462. The summed E-state index contributed by atoms with van der Waals surface area (Å²) in [7, 11) is 1.45. The van der Waals surface area contributed by atoms with Crippen molar-refractivity contribution in [2.75, 3.05) is 14.2 Å². The normalized spacial score (nSPS) is 14.3. The Hall–Kier alpha value is 0.305. The predicted octanol–water partition coefficient (Wildman–Crippen LogP) is 4.17. The van der Waals surface area contributed by atoms with Crippen LogP contribution in [0.1, 0.15) is 19.8 Å². The van der Waals surface area contributed by atoms with E-state index < -0.39 is 8.56 Å². The van der Waals surface area contributed by atoms with Crippen LogP contribution in [0, 0.1) is 28.4 Å². The van der Waals surface area contributed by atoms with Crippen molar-refractivity contribution >= 4 is 8.56 Å². The predicted molar refractivity (Wildman–Crippen MR) is 79.4 cm³/mol. The van der Waals surface area contributed by atoms with E-state index in [1.807, 2.05) is 0 Å². The van der Waals surface area contributed by atoms with Gasteiger partial charge in [0, 0.05) is 14.2 Å². The Morgan fingerprint density at radius 1 is 1.28 bits per heavy atom. The van der Waals surface area contributed by atoms with Gasteiger partial charge in [-0.2, -0.15) is 6.08 Å². The van der Waals surface area contributed by atoms with Crippen molar-refractivity contribution in [2.24, 2.45) is 0 Å². The van der Waals surface area contributed by atoms with Gasteiger partial charge in [-0.25, -0.2) is 11.6 Å². The zero-order chi connectivity index (χ0) is 10.6. The molecule has 0 aromatic rings. The first-order chi connectivity index (χ1) is 6.68. The molecule has 4 heteroatoms. The van der Waals surface area contributed by atoms with Crippen LogP contribution < -0.4 is 0 Å². The third-order valence-electron chi connectivity index (χ3n) is 2.95. The zero-order valence-electron chi connectivity index (χ0n) is 12.8. The number of hydrogen-bond acceptors (Lipinski definition) is 2. The first kappa shape index (κ1) is 26.8. The van der Waals surface area contributed by atoms with Crippen molar-refractivity contribution in [3.8, 4) is 0 Å². The fraction of sp³-hybridized carbons (Fsp3) is 0.500. The van der Waals surface area contributed by atoms with Gasteiger partial charge in [0.15, 0.2) is 0 Å². The topological polar surface area (TPSA) is 18.5 Å². The van der Waals surface area contributed by atoms with Gasteiger partial charge < -0.3 is 31.1 Å². The van der Waals surface area contributed by atoms with Gasteiger partial charge in [0.05, 0.1) is 0 Å². The molecule has 0 saturated heterocycles. The molecule has 0 spiro atoms. The molecule has 1 aliphatic rings. The van der Waals surface area contributed by atoms with Gasteiger partial charge in [-0.3, -0.25) is 6.08 Å². The van der Waals surface area contributed by atoms with E-state index in [-0.39, 0.29) is 43.3 Å². The van der Waals surface area contributed by atoms with Crippen LogP contribution in [0.5, 0.6) is 0 Å². The van der Waals surface area contributed by atoms with E-state index in [0.29, 0.717) is 5.54 Å². The van der Waals surface area contributed by atoms with Gasteiger partial charge in [0.1, 0.15) is 0 Å². The molecule has 0 aromatic heterocycles. The summed E-state index contributed by atoms with van der Waals surface area (Å²) in [4.78, 5) is 0. The van der Waals surface area contributed by atoms with Crippen LogP contribution in [0.15, 0.2) is 17.7 Å². The van der Waals surface area contributed by atoms with Crippen LogP contribution in [0.25, 0.3) is 0 Å². The van der Waals surface area contributed by atoms with Crippen molar-refractivity contribution < 1.29 is 29.9 Å². The molecular formula is C14H28O2PtSi. The van der Waals surface area contributed by atoms with E-state index in [9.17, 15) is 0 Å². The standard InChI is InChI=1S/C11H19O2Si.3CH3.Pt/c1-5-11(10-8-6-7-9-10)14(4,12-2)13-3;;;;/h6,8,11H,5,7H2,1-4H3;3*1H3;/q4*-1;+4. The van der Waals surface area contributed by atoms with E-state index >= 15 is 0 Å². The van der Waals surface area contributed by atoms with E-state index in [2.05, 4.69) is 31.7 Å². The molecule has 0 amide bonds. The van der Waals surface area contributed by atoms with E-state index in [4.69, 9.17) is 8.85 Å². The summed E-state index contributed by atoms with van der Waals surface area (Å²) >= 11 is 0. The summed E-state index contributed by atoms with van der Waals surface area (Å²) < 4.78 is 11.1. The maximum Gasteiger partial charge on any atom is 4.00 e. The van der Waals surface area contributed by atoms with Crippen molar-refractivity contribution in [1.29, 1.82) is 0 Å². The van der Waals surface area contributed by atoms with Crippen LogP contribution in [0.4, 0.5) is 0 Å². The molecule has 0 fully saturated rings. The van der Waals surface area contributed by atoms with Crippen LogP contribution >= 0.6 is 0 Å². The summed E-state index contributed by atoms with van der Waals surface area (Å²) in [5, 5.41) is 0. The average Bonchev–Trinajstić information content (AvgIpc) is 2.72. The Morgan fingerprint density at radius 3 is 2.06 bits per heavy atom. The van der Waals surface area contributed by atoms with Gasteiger partial charge in [-0.05, 0) is 12.1 Å². The van der Waals surface area contributed by atoms with Gasteiger partial charge in [0.2, 0.25) is 0 Å². The fourth-order valence-electron chi connectivity index (χ4n) is 1.90. The minimum absolute atomic E-state index is 0. The summed E-state index contributed by atoms with van der Waals surface area (Å²) in [5.74, 6) is 0. The molecule has 1 unspecified atom stereocenters. The van der Waals surface area contributed by atoms with Crippen LogP contribution in [0.2, 0.25) is 12.1 Å². The minimum Gasteiger partial charge on any atom is -0.397 e. The SMILES string of the molecule is CCC(C1=[C-]CC=C1)[Si](C)(OC)OC.[CH3-].[CH3-].[CH3-].[Pt+4]. The van der Waals surface area contributed by atoms with Gasteiger partial charge in [-0.15, -0.1) is 6.42 Å². The number of rotatable bonds is 5. The maximum absolute atomic E-state index is 5.57. The molecule has 18 heavy (non-hydrogen) atoms. The third kappa shape index (κ3) is 5.96. The van der Waals surface area contributed by atoms with Crippen molar-refractivity contribution in [3.63, 3.8) is 0 Å². The Morgan fingerprint density at radius 2 is 1.78 bits per heavy atom. The summed E-state index contributed by atoms with van der Waals surface area (Å²) in [5.41, 5.74) is 1.67. The van der Waals surface area contributed by atoms with Gasteiger partial charge >= 0.3 is 29.6 Å². The molecule has 0 aliphatic heterocycles. The Kier molecular flexibility index (Phi) is 18.4. The van der Waals surface area contributed by atoms with Crippen molar-refractivity contribution in [1.82, 2.24) is 0 Å². The minimum atomic E-state index is -2.04. The summed E-state index contributed by atoms with van der Waals surface area (Å²) in [6, 6.07) is 0. The molecule has 110 valence electrons. The number of allylic oxidation sites excluding steroid dienone is 4. The number of hydrogen-bond donors (Lipinski definition) is 0. The Labute approximate surface area is 130 Å². The molecule has 0 aromatic carbocycles. The molecule has 0 N–H and O–H groups in total. The van der Waals surface area contributed by atoms with Crippen molar-refractivity contribution in [3.05, 3.63) is 46.1 Å². The van der Waals surface area contributed by atoms with E-state index in [1.165, 1.54) is 5.57 Å². The Balaban J connectivity index is -0.000000245. The van der Waals surface area contributed by atoms with Gasteiger partial charge in [-0.1, -0.05) is 13.3 Å². The summed E-state index contributed by atoms with van der Waals surface area (Å²) in [6.45, 7) is 4.29. The molecule has 0 bridgehead atoms. The molecule has 1 rings (SSSR count). The zero-order valence-corrected chi connectivity index (χ0v) is 16.1. The second kappa shape index (κ2) is 12.3. The average molecular weight is 452 g/mol. The first-order valence-corrected chi connectivity index (χ1v) is 7.45. The summed E-state index contributed by atoms with van der Waals surface area (Å²) in [6.07, 6.45) is 9.64. The largest absolute Gasteiger partial charge is 4.00 e. The van der Waals surface area contributed by atoms with Crippen molar-refractivity contribution in [2.45, 2.75) is 31.9 Å². The second-order valence-corrected chi connectivity index (χ2v) is 7.17. The third-order valence-corrected chi connectivity index (χ3v) is 6.56. The molecule has 1 aliphatic carbocycles. The molecule has 0 radical (unpaired) electrons. The van der Waals surface area contributed by atoms with E-state index in [0.717, 1.165) is 12.8 Å².